The van der Waals surface area contributed by atoms with E-state index in [0.29, 0.717) is 5.92 Å². The Morgan fingerprint density at radius 3 is 3.05 bits per heavy atom. The molecule has 1 N–H and O–H groups in total. The van der Waals surface area contributed by atoms with Crippen LogP contribution in [-0.4, -0.2) is 21.7 Å². The van der Waals surface area contributed by atoms with Gasteiger partial charge in [-0.2, -0.15) is 5.10 Å². The second-order valence-electron chi connectivity index (χ2n) is 5.17. The molecule has 0 spiro atoms. The van der Waals surface area contributed by atoms with Crippen LogP contribution >= 0.6 is 11.6 Å². The summed E-state index contributed by atoms with van der Waals surface area (Å²) in [4.78, 5) is 12.1. The van der Waals surface area contributed by atoms with Crippen LogP contribution in [0.25, 0.3) is 0 Å². The van der Waals surface area contributed by atoms with E-state index in [1.54, 1.807) is 17.1 Å². The van der Waals surface area contributed by atoms with Crippen LogP contribution < -0.4 is 5.32 Å². The molecular formula is C15H16ClN3O. The molecule has 1 heterocycles. The van der Waals surface area contributed by atoms with Gasteiger partial charge in [0.25, 0.3) is 0 Å². The van der Waals surface area contributed by atoms with Gasteiger partial charge in [0.15, 0.2) is 0 Å². The van der Waals surface area contributed by atoms with E-state index in [1.807, 2.05) is 31.2 Å². The molecule has 0 aliphatic heterocycles. The number of amides is 1. The number of nitrogens with one attached hydrogen (secondary N) is 1. The molecule has 3 unspecified atom stereocenters. The molecule has 4 nitrogen and oxygen atoms in total. The van der Waals surface area contributed by atoms with E-state index >= 15 is 0 Å². The van der Waals surface area contributed by atoms with Gasteiger partial charge in [0, 0.05) is 29.4 Å². The minimum atomic E-state index is -0.286. The third kappa shape index (κ3) is 2.70. The number of hydrogen-bond acceptors (Lipinski definition) is 2. The van der Waals surface area contributed by atoms with Gasteiger partial charge < -0.3 is 5.32 Å². The first kappa shape index (κ1) is 13.2. The van der Waals surface area contributed by atoms with E-state index in [-0.39, 0.29) is 18.0 Å². The molecule has 20 heavy (non-hydrogen) atoms. The van der Waals surface area contributed by atoms with Crippen molar-refractivity contribution in [1.82, 2.24) is 15.1 Å². The van der Waals surface area contributed by atoms with Crippen LogP contribution in [-0.2, 0) is 4.79 Å². The van der Waals surface area contributed by atoms with Gasteiger partial charge >= 0.3 is 0 Å². The Kier molecular flexibility index (Phi) is 3.49. The number of carbonyl (C=O) groups excluding carboxylic acids is 1. The molecule has 3 rings (SSSR count). The zero-order valence-corrected chi connectivity index (χ0v) is 11.9. The lowest BCUT2D eigenvalue weighted by Gasteiger charge is -2.12. The number of hydrogen-bond donors (Lipinski definition) is 1. The van der Waals surface area contributed by atoms with Crippen molar-refractivity contribution in [2.45, 2.75) is 31.3 Å². The van der Waals surface area contributed by atoms with Crippen molar-refractivity contribution in [2.75, 3.05) is 0 Å². The van der Waals surface area contributed by atoms with Crippen LogP contribution in [0, 0.1) is 0 Å². The van der Waals surface area contributed by atoms with Crippen molar-refractivity contribution < 1.29 is 4.79 Å². The highest BCUT2D eigenvalue weighted by Crippen LogP contribution is 2.41. The summed E-state index contributed by atoms with van der Waals surface area (Å²) in [5.41, 5.74) is 1.19. The molecule has 3 atom stereocenters. The van der Waals surface area contributed by atoms with Gasteiger partial charge in [-0.25, -0.2) is 0 Å². The maximum absolute atomic E-state index is 12.1. The Labute approximate surface area is 122 Å². The molecule has 1 aliphatic rings. The second-order valence-corrected chi connectivity index (χ2v) is 5.61. The molecule has 0 radical (unpaired) electrons. The van der Waals surface area contributed by atoms with Crippen LogP contribution in [0.15, 0.2) is 42.7 Å². The molecule has 1 fully saturated rings. The topological polar surface area (TPSA) is 46.9 Å². The monoisotopic (exact) mass is 289 g/mol. The van der Waals surface area contributed by atoms with E-state index < -0.39 is 0 Å². The van der Waals surface area contributed by atoms with Crippen molar-refractivity contribution in [3.8, 4) is 0 Å². The first-order valence-electron chi connectivity index (χ1n) is 6.70. The lowest BCUT2D eigenvalue weighted by Crippen LogP contribution is -2.33. The van der Waals surface area contributed by atoms with E-state index in [4.69, 9.17) is 11.6 Å². The normalized spacial score (nSPS) is 22.3. The van der Waals surface area contributed by atoms with Crippen LogP contribution in [0.5, 0.6) is 0 Å². The minimum Gasteiger partial charge on any atom is -0.351 e. The number of rotatable bonds is 4. The number of aromatic nitrogens is 2. The van der Waals surface area contributed by atoms with Gasteiger partial charge in [-0.1, -0.05) is 23.7 Å². The number of benzene rings is 1. The maximum Gasteiger partial charge on any atom is 0.244 e. The highest BCUT2D eigenvalue weighted by atomic mass is 35.5. The van der Waals surface area contributed by atoms with Crippen LogP contribution in [0.1, 0.15) is 30.9 Å². The Bertz CT molecular complexity index is 611. The first-order valence-corrected chi connectivity index (χ1v) is 7.08. The second kappa shape index (κ2) is 5.29. The summed E-state index contributed by atoms with van der Waals surface area (Å²) in [7, 11) is 0. The van der Waals surface area contributed by atoms with E-state index in [2.05, 4.69) is 16.5 Å². The van der Waals surface area contributed by atoms with Crippen LogP contribution in [0.4, 0.5) is 0 Å². The zero-order chi connectivity index (χ0) is 14.1. The van der Waals surface area contributed by atoms with E-state index in [1.165, 1.54) is 5.56 Å². The highest BCUT2D eigenvalue weighted by molar-refractivity contribution is 6.30. The molecule has 1 saturated carbocycles. The minimum absolute atomic E-state index is 0.00299. The third-order valence-corrected chi connectivity index (χ3v) is 3.93. The third-order valence-electron chi connectivity index (χ3n) is 3.70. The molecule has 2 aromatic rings. The molecule has 1 aromatic heterocycles. The van der Waals surface area contributed by atoms with Gasteiger partial charge in [0.05, 0.1) is 0 Å². The molecular weight excluding hydrogens is 274 g/mol. The Balaban J connectivity index is 1.59. The number of nitrogens with zero attached hydrogens (tertiary/aromatic N) is 2. The number of halogens is 1. The summed E-state index contributed by atoms with van der Waals surface area (Å²) < 4.78 is 1.66. The summed E-state index contributed by atoms with van der Waals surface area (Å²) in [5.74, 6) is 0.380. The lowest BCUT2D eigenvalue weighted by molar-refractivity contribution is -0.124. The smallest absolute Gasteiger partial charge is 0.244 e. The largest absolute Gasteiger partial charge is 0.351 e. The van der Waals surface area contributed by atoms with Gasteiger partial charge in [-0.3, -0.25) is 9.48 Å². The summed E-state index contributed by atoms with van der Waals surface area (Å²) in [6, 6.07) is 9.57. The Morgan fingerprint density at radius 1 is 1.50 bits per heavy atom. The quantitative estimate of drug-likeness (QED) is 0.941. The van der Waals surface area contributed by atoms with Gasteiger partial charge in [-0.15, -0.1) is 0 Å². The molecule has 0 bridgehead atoms. The van der Waals surface area contributed by atoms with Crippen molar-refractivity contribution in [3.05, 3.63) is 53.3 Å². The van der Waals surface area contributed by atoms with Crippen LogP contribution in [0.3, 0.4) is 0 Å². The summed E-state index contributed by atoms with van der Waals surface area (Å²) >= 11 is 5.99. The van der Waals surface area contributed by atoms with Crippen LogP contribution in [0.2, 0.25) is 5.02 Å². The lowest BCUT2D eigenvalue weighted by atomic mass is 10.1. The fourth-order valence-electron chi connectivity index (χ4n) is 2.39. The SMILES string of the molecule is CC(C(=O)NC1CC1c1cccc(Cl)c1)n1cccn1. The fourth-order valence-corrected chi connectivity index (χ4v) is 2.59. The zero-order valence-electron chi connectivity index (χ0n) is 11.2. The van der Waals surface area contributed by atoms with Crippen molar-refractivity contribution in [3.63, 3.8) is 0 Å². The molecule has 1 aliphatic carbocycles. The standard InChI is InChI=1S/C15H16ClN3O/c1-10(19-7-3-6-17-19)15(20)18-14-9-13(14)11-4-2-5-12(16)8-11/h2-8,10,13-14H,9H2,1H3,(H,18,20). The fraction of sp³-hybridized carbons (Fsp3) is 0.333. The number of carbonyl (C=O) groups is 1. The molecule has 104 valence electrons. The maximum atomic E-state index is 12.1. The van der Waals surface area contributed by atoms with Gasteiger partial charge in [0.2, 0.25) is 5.91 Å². The van der Waals surface area contributed by atoms with Crippen molar-refractivity contribution in [1.29, 1.82) is 0 Å². The summed E-state index contributed by atoms with van der Waals surface area (Å²) in [6.45, 7) is 1.85. The average molecular weight is 290 g/mol. The Morgan fingerprint density at radius 2 is 2.35 bits per heavy atom. The van der Waals surface area contributed by atoms with Crippen molar-refractivity contribution >= 4 is 17.5 Å². The van der Waals surface area contributed by atoms with Gasteiger partial charge in [-0.05, 0) is 37.1 Å². The molecule has 1 amide bonds. The summed E-state index contributed by atoms with van der Waals surface area (Å²) in [6.07, 6.45) is 4.44. The predicted molar refractivity (Wildman–Crippen MR) is 77.7 cm³/mol. The van der Waals surface area contributed by atoms with Crippen molar-refractivity contribution in [2.24, 2.45) is 0 Å². The average Bonchev–Trinajstić information content (AvgIpc) is 2.99. The first-order chi connectivity index (χ1) is 9.65. The molecule has 5 heteroatoms. The predicted octanol–water partition coefficient (Wildman–Crippen LogP) is 2.77. The van der Waals surface area contributed by atoms with E-state index in [0.717, 1.165) is 11.4 Å². The van der Waals surface area contributed by atoms with E-state index in [9.17, 15) is 4.79 Å². The summed E-state index contributed by atoms with van der Waals surface area (Å²) in [5, 5.41) is 7.90. The molecule has 0 saturated heterocycles. The highest BCUT2D eigenvalue weighted by Gasteiger charge is 2.40. The van der Waals surface area contributed by atoms with Gasteiger partial charge in [0.1, 0.15) is 6.04 Å². The molecule has 1 aromatic carbocycles. The Hall–Kier alpha value is -1.81.